The van der Waals surface area contributed by atoms with Crippen LogP contribution in [0.1, 0.15) is 47.0 Å². The van der Waals surface area contributed by atoms with Gasteiger partial charge in [0.15, 0.2) is 5.78 Å². The fraction of sp³-hybridized carbons (Fsp3) is 0.769. The molecule has 2 atom stereocenters. The van der Waals surface area contributed by atoms with Crippen molar-refractivity contribution in [3.05, 3.63) is 11.6 Å². The number of hydrogen-bond donors (Lipinski definition) is 0. The van der Waals surface area contributed by atoms with E-state index in [0.717, 1.165) is 18.4 Å². The first-order valence-electron chi connectivity index (χ1n) is 5.72. The third-order valence-corrected chi connectivity index (χ3v) is 4.95. The zero-order valence-electron chi connectivity index (χ0n) is 9.68. The van der Waals surface area contributed by atoms with Crippen LogP contribution in [0.3, 0.4) is 0 Å². The van der Waals surface area contributed by atoms with E-state index in [1.54, 1.807) is 0 Å². The molecule has 0 heterocycles. The Bertz CT molecular complexity index is 311. The molecule has 14 heavy (non-hydrogen) atoms. The molecule has 1 nitrogen and oxygen atoms in total. The van der Waals surface area contributed by atoms with E-state index < -0.39 is 0 Å². The summed E-state index contributed by atoms with van der Waals surface area (Å²) in [5.41, 5.74) is 1.28. The van der Waals surface area contributed by atoms with Crippen molar-refractivity contribution >= 4 is 5.78 Å². The van der Waals surface area contributed by atoms with E-state index in [9.17, 15) is 4.79 Å². The SMILES string of the molecule is C/C=C1/C(=O)C2(CC)CCC1C2(C)C. The number of carbonyl (C=O) groups excluding carboxylic acids is 1. The van der Waals surface area contributed by atoms with Crippen LogP contribution in [-0.2, 0) is 4.79 Å². The van der Waals surface area contributed by atoms with E-state index >= 15 is 0 Å². The van der Waals surface area contributed by atoms with Crippen molar-refractivity contribution in [1.82, 2.24) is 0 Å². The van der Waals surface area contributed by atoms with Crippen molar-refractivity contribution in [2.75, 3.05) is 0 Å². The van der Waals surface area contributed by atoms with Gasteiger partial charge in [-0.15, -0.1) is 0 Å². The molecule has 2 bridgehead atoms. The second kappa shape index (κ2) is 2.71. The van der Waals surface area contributed by atoms with E-state index in [4.69, 9.17) is 0 Å². The summed E-state index contributed by atoms with van der Waals surface area (Å²) in [4.78, 5) is 12.3. The summed E-state index contributed by atoms with van der Waals surface area (Å²) < 4.78 is 0. The highest BCUT2D eigenvalue weighted by Gasteiger charge is 2.65. The monoisotopic (exact) mass is 192 g/mol. The van der Waals surface area contributed by atoms with Gasteiger partial charge in [0.2, 0.25) is 0 Å². The first kappa shape index (κ1) is 9.95. The standard InChI is InChI=1S/C13H20O/c1-5-9-10-7-8-13(6-2,11(9)14)12(10,3)4/h5,10H,6-8H2,1-4H3/b9-5+. The summed E-state index contributed by atoms with van der Waals surface area (Å²) in [6.07, 6.45) is 5.38. The molecule has 2 fully saturated rings. The Balaban J connectivity index is 2.57. The Morgan fingerprint density at radius 3 is 2.50 bits per heavy atom. The van der Waals surface area contributed by atoms with Gasteiger partial charge >= 0.3 is 0 Å². The van der Waals surface area contributed by atoms with Crippen molar-refractivity contribution < 1.29 is 4.79 Å². The summed E-state index contributed by atoms with van der Waals surface area (Å²) in [7, 11) is 0. The Morgan fingerprint density at radius 1 is 1.50 bits per heavy atom. The molecule has 2 rings (SSSR count). The molecule has 78 valence electrons. The molecule has 2 saturated carbocycles. The van der Waals surface area contributed by atoms with Gasteiger partial charge in [-0.1, -0.05) is 26.8 Å². The van der Waals surface area contributed by atoms with E-state index in [-0.39, 0.29) is 10.8 Å². The number of carbonyl (C=O) groups is 1. The highest BCUT2D eigenvalue weighted by atomic mass is 16.1. The lowest BCUT2D eigenvalue weighted by atomic mass is 9.67. The van der Waals surface area contributed by atoms with E-state index in [1.165, 1.54) is 6.42 Å². The van der Waals surface area contributed by atoms with Gasteiger partial charge in [0.25, 0.3) is 0 Å². The predicted molar refractivity (Wildman–Crippen MR) is 58.0 cm³/mol. The van der Waals surface area contributed by atoms with E-state index in [1.807, 2.05) is 13.0 Å². The third kappa shape index (κ3) is 0.796. The number of rotatable bonds is 1. The predicted octanol–water partition coefficient (Wildman–Crippen LogP) is 3.35. The summed E-state index contributed by atoms with van der Waals surface area (Å²) >= 11 is 0. The lowest BCUT2D eigenvalue weighted by molar-refractivity contribution is -0.126. The average Bonchev–Trinajstić information content (AvgIpc) is 2.49. The van der Waals surface area contributed by atoms with Crippen molar-refractivity contribution in [2.45, 2.75) is 47.0 Å². The van der Waals surface area contributed by atoms with Crippen LogP contribution in [0.15, 0.2) is 11.6 Å². The molecular formula is C13H20O. The summed E-state index contributed by atoms with van der Waals surface area (Å²) in [5, 5.41) is 0. The van der Waals surface area contributed by atoms with Gasteiger partial charge in [-0.3, -0.25) is 4.79 Å². The van der Waals surface area contributed by atoms with Crippen LogP contribution in [0.25, 0.3) is 0 Å². The fourth-order valence-corrected chi connectivity index (χ4v) is 3.92. The van der Waals surface area contributed by atoms with Gasteiger partial charge in [0.05, 0.1) is 0 Å². The molecule has 1 heteroatoms. The minimum absolute atomic E-state index is 0.0283. The largest absolute Gasteiger partial charge is 0.294 e. The zero-order chi connectivity index (χ0) is 10.6. The number of ketones is 1. The quantitative estimate of drug-likeness (QED) is 0.582. The normalized spacial score (nSPS) is 42.4. The highest BCUT2D eigenvalue weighted by molar-refractivity contribution is 6.04. The smallest absolute Gasteiger partial charge is 0.165 e. The topological polar surface area (TPSA) is 17.1 Å². The van der Waals surface area contributed by atoms with Crippen molar-refractivity contribution in [3.8, 4) is 0 Å². The molecule has 0 aliphatic heterocycles. The molecule has 0 aromatic heterocycles. The molecule has 2 aliphatic carbocycles. The molecule has 0 amide bonds. The van der Waals surface area contributed by atoms with Gasteiger partial charge < -0.3 is 0 Å². The molecule has 0 aromatic carbocycles. The Morgan fingerprint density at radius 2 is 2.14 bits per heavy atom. The van der Waals surface area contributed by atoms with Gasteiger partial charge in [-0.2, -0.15) is 0 Å². The lowest BCUT2D eigenvalue weighted by Gasteiger charge is -2.34. The molecule has 0 spiro atoms. The number of Topliss-reactive ketones (excluding diaryl/α,β-unsaturated/α-hetero) is 1. The van der Waals surface area contributed by atoms with Crippen LogP contribution in [0.2, 0.25) is 0 Å². The molecule has 0 radical (unpaired) electrons. The highest BCUT2D eigenvalue weighted by Crippen LogP contribution is 2.67. The van der Waals surface area contributed by atoms with E-state index in [2.05, 4.69) is 20.8 Å². The maximum Gasteiger partial charge on any atom is 0.165 e. The van der Waals surface area contributed by atoms with Gasteiger partial charge in [0, 0.05) is 5.41 Å². The van der Waals surface area contributed by atoms with Crippen LogP contribution in [0.5, 0.6) is 0 Å². The lowest BCUT2D eigenvalue weighted by Crippen LogP contribution is -2.35. The number of fused-ring (bicyclic) bond motifs is 2. The van der Waals surface area contributed by atoms with Gasteiger partial charge in [-0.05, 0) is 43.1 Å². The van der Waals surface area contributed by atoms with Crippen LogP contribution >= 0.6 is 0 Å². The summed E-state index contributed by atoms with van der Waals surface area (Å²) in [6, 6.07) is 0. The minimum atomic E-state index is -0.0283. The molecular weight excluding hydrogens is 172 g/mol. The van der Waals surface area contributed by atoms with Gasteiger partial charge in [-0.25, -0.2) is 0 Å². The Hall–Kier alpha value is -0.590. The van der Waals surface area contributed by atoms with Crippen LogP contribution in [0, 0.1) is 16.7 Å². The zero-order valence-corrected chi connectivity index (χ0v) is 9.68. The second-order valence-corrected chi connectivity index (χ2v) is 5.32. The Kier molecular flexibility index (Phi) is 1.93. The Labute approximate surface area is 86.6 Å². The van der Waals surface area contributed by atoms with Crippen LogP contribution < -0.4 is 0 Å². The molecule has 0 N–H and O–H groups in total. The van der Waals surface area contributed by atoms with E-state index in [0.29, 0.717) is 11.7 Å². The van der Waals surface area contributed by atoms with Crippen molar-refractivity contribution in [1.29, 1.82) is 0 Å². The van der Waals surface area contributed by atoms with Crippen LogP contribution in [-0.4, -0.2) is 5.78 Å². The average molecular weight is 192 g/mol. The maximum atomic E-state index is 12.3. The minimum Gasteiger partial charge on any atom is -0.294 e. The van der Waals surface area contributed by atoms with Crippen molar-refractivity contribution in [3.63, 3.8) is 0 Å². The first-order valence-corrected chi connectivity index (χ1v) is 5.72. The summed E-state index contributed by atoms with van der Waals surface area (Å²) in [5.74, 6) is 0.976. The molecule has 0 aromatic rings. The third-order valence-electron chi connectivity index (χ3n) is 4.95. The fourth-order valence-electron chi connectivity index (χ4n) is 3.92. The maximum absolute atomic E-state index is 12.3. The van der Waals surface area contributed by atoms with Crippen molar-refractivity contribution in [2.24, 2.45) is 16.7 Å². The number of allylic oxidation sites excluding steroid dienone is 2. The molecule has 0 saturated heterocycles. The number of hydrogen-bond acceptors (Lipinski definition) is 1. The second-order valence-electron chi connectivity index (χ2n) is 5.32. The molecule has 2 aliphatic rings. The molecule has 2 unspecified atom stereocenters. The summed E-state index contributed by atoms with van der Waals surface area (Å²) in [6.45, 7) is 8.74. The first-order chi connectivity index (χ1) is 6.51. The van der Waals surface area contributed by atoms with Crippen LogP contribution in [0.4, 0.5) is 0 Å². The van der Waals surface area contributed by atoms with Gasteiger partial charge in [0.1, 0.15) is 0 Å².